The van der Waals surface area contributed by atoms with Gasteiger partial charge in [-0.2, -0.15) is 0 Å². The van der Waals surface area contributed by atoms with Crippen molar-refractivity contribution in [2.75, 3.05) is 25.9 Å². The highest BCUT2D eigenvalue weighted by Gasteiger charge is 2.14. The zero-order valence-corrected chi connectivity index (χ0v) is 11.0. The zero-order valence-electron chi connectivity index (χ0n) is 10.3. The van der Waals surface area contributed by atoms with Crippen molar-refractivity contribution in [2.45, 2.75) is 6.92 Å². The molecule has 1 aromatic rings. The number of carbonyl (C=O) groups excluding carboxylic acids is 2. The van der Waals surface area contributed by atoms with Gasteiger partial charge in [-0.25, -0.2) is 4.79 Å². The Kier molecular flexibility index (Phi) is 4.97. The Morgan fingerprint density at radius 3 is 2.67 bits per heavy atom. The average Bonchev–Trinajstić information content (AvgIpc) is 2.34. The van der Waals surface area contributed by atoms with Gasteiger partial charge in [0.2, 0.25) is 0 Å². The summed E-state index contributed by atoms with van der Waals surface area (Å²) in [7, 11) is 1.63. The summed E-state index contributed by atoms with van der Waals surface area (Å²) in [5, 5.41) is 0.436. The highest BCUT2D eigenvalue weighted by atomic mass is 35.5. The maximum atomic E-state index is 11.7. The van der Waals surface area contributed by atoms with Crippen LogP contribution < -0.4 is 5.73 Å². The topological polar surface area (TPSA) is 72.6 Å². The maximum Gasteiger partial charge on any atom is 0.340 e. The summed E-state index contributed by atoms with van der Waals surface area (Å²) in [6.45, 7) is 2.08. The first-order valence-electron chi connectivity index (χ1n) is 5.41. The monoisotopic (exact) mass is 270 g/mol. The summed E-state index contributed by atoms with van der Waals surface area (Å²) >= 11 is 5.72. The van der Waals surface area contributed by atoms with E-state index in [-0.39, 0.29) is 23.8 Å². The van der Waals surface area contributed by atoms with Crippen LogP contribution >= 0.6 is 11.6 Å². The number of halogens is 1. The van der Waals surface area contributed by atoms with Crippen LogP contribution in [0.2, 0.25) is 5.02 Å². The number of carbonyl (C=O) groups is 2. The van der Waals surface area contributed by atoms with Crippen molar-refractivity contribution in [1.82, 2.24) is 4.90 Å². The molecule has 6 heteroatoms. The van der Waals surface area contributed by atoms with Gasteiger partial charge in [-0.1, -0.05) is 11.6 Å². The maximum absolute atomic E-state index is 11.7. The smallest absolute Gasteiger partial charge is 0.340 e. The van der Waals surface area contributed by atoms with Gasteiger partial charge in [0.25, 0.3) is 5.91 Å². The van der Waals surface area contributed by atoms with E-state index in [4.69, 9.17) is 22.1 Å². The first-order chi connectivity index (χ1) is 8.45. The molecule has 1 rings (SSSR count). The fourth-order valence-electron chi connectivity index (χ4n) is 1.21. The van der Waals surface area contributed by atoms with Crippen molar-refractivity contribution < 1.29 is 14.3 Å². The lowest BCUT2D eigenvalue weighted by molar-refractivity contribution is -0.133. The van der Waals surface area contributed by atoms with Crippen molar-refractivity contribution in [3.8, 4) is 0 Å². The highest BCUT2D eigenvalue weighted by Crippen LogP contribution is 2.18. The number of rotatable bonds is 4. The van der Waals surface area contributed by atoms with Crippen LogP contribution in [0.5, 0.6) is 0 Å². The van der Waals surface area contributed by atoms with E-state index in [1.54, 1.807) is 7.05 Å². The minimum atomic E-state index is -0.637. The summed E-state index contributed by atoms with van der Waals surface area (Å²) in [4.78, 5) is 24.6. The van der Waals surface area contributed by atoms with Crippen LogP contribution in [0.4, 0.5) is 5.69 Å². The zero-order chi connectivity index (χ0) is 13.7. The first-order valence-corrected chi connectivity index (χ1v) is 5.79. The van der Waals surface area contributed by atoms with E-state index < -0.39 is 5.97 Å². The van der Waals surface area contributed by atoms with Crippen molar-refractivity contribution in [3.63, 3.8) is 0 Å². The summed E-state index contributed by atoms with van der Waals surface area (Å²) in [5.74, 6) is -0.902. The van der Waals surface area contributed by atoms with Crippen LogP contribution in [0, 0.1) is 0 Å². The van der Waals surface area contributed by atoms with E-state index in [0.717, 1.165) is 0 Å². The van der Waals surface area contributed by atoms with Crippen molar-refractivity contribution >= 4 is 29.2 Å². The van der Waals surface area contributed by atoms with Gasteiger partial charge in [-0.3, -0.25) is 4.79 Å². The number of esters is 1. The van der Waals surface area contributed by atoms with Gasteiger partial charge in [-0.15, -0.1) is 0 Å². The number of nitrogens with two attached hydrogens (primary N) is 1. The van der Waals surface area contributed by atoms with E-state index in [1.165, 1.54) is 23.1 Å². The van der Waals surface area contributed by atoms with E-state index in [1.807, 2.05) is 6.92 Å². The van der Waals surface area contributed by atoms with E-state index >= 15 is 0 Å². The Bertz CT molecular complexity index is 463. The standard InChI is InChI=1S/C12H15ClN2O3/c1-3-15(2)11(16)7-18-12(17)9-5-4-8(13)6-10(9)14/h4-6H,3,7,14H2,1-2H3. The third-order valence-corrected chi connectivity index (χ3v) is 2.70. The number of hydrogen-bond acceptors (Lipinski definition) is 4. The third kappa shape index (κ3) is 3.63. The molecule has 0 heterocycles. The van der Waals surface area contributed by atoms with E-state index in [2.05, 4.69) is 0 Å². The number of anilines is 1. The molecule has 0 fully saturated rings. The molecule has 0 atom stereocenters. The predicted molar refractivity (Wildman–Crippen MR) is 69.5 cm³/mol. The average molecular weight is 271 g/mol. The van der Waals surface area contributed by atoms with Gasteiger partial charge in [0, 0.05) is 24.3 Å². The Labute approximate surface area is 110 Å². The molecule has 0 saturated heterocycles. The number of nitrogens with zero attached hydrogens (tertiary/aromatic N) is 1. The number of amides is 1. The number of hydrogen-bond donors (Lipinski definition) is 1. The van der Waals surface area contributed by atoms with Gasteiger partial charge in [0.15, 0.2) is 6.61 Å². The van der Waals surface area contributed by atoms with Crippen LogP contribution in [-0.2, 0) is 9.53 Å². The van der Waals surface area contributed by atoms with Gasteiger partial charge >= 0.3 is 5.97 Å². The minimum absolute atomic E-state index is 0.200. The fourth-order valence-corrected chi connectivity index (χ4v) is 1.39. The van der Waals surface area contributed by atoms with Crippen molar-refractivity contribution in [2.24, 2.45) is 0 Å². The van der Waals surface area contributed by atoms with Gasteiger partial charge in [0.1, 0.15) is 0 Å². The predicted octanol–water partition coefficient (Wildman–Crippen LogP) is 1.56. The molecule has 5 nitrogen and oxygen atoms in total. The van der Waals surface area contributed by atoms with Crippen molar-refractivity contribution in [3.05, 3.63) is 28.8 Å². The second kappa shape index (κ2) is 6.26. The molecule has 1 aromatic carbocycles. The fraction of sp³-hybridized carbons (Fsp3) is 0.333. The quantitative estimate of drug-likeness (QED) is 0.666. The summed E-state index contributed by atoms with van der Waals surface area (Å²) in [6, 6.07) is 4.46. The molecular formula is C12H15ClN2O3. The summed E-state index contributed by atoms with van der Waals surface area (Å²) in [6.07, 6.45) is 0. The molecule has 0 aliphatic heterocycles. The molecule has 0 spiro atoms. The van der Waals surface area contributed by atoms with Crippen molar-refractivity contribution in [1.29, 1.82) is 0 Å². The molecule has 0 aromatic heterocycles. The molecular weight excluding hydrogens is 256 g/mol. The second-order valence-electron chi connectivity index (χ2n) is 3.72. The molecule has 0 bridgehead atoms. The lowest BCUT2D eigenvalue weighted by atomic mass is 10.2. The van der Waals surface area contributed by atoms with Gasteiger partial charge in [-0.05, 0) is 25.1 Å². The molecule has 0 aliphatic rings. The minimum Gasteiger partial charge on any atom is -0.452 e. The molecule has 0 aliphatic carbocycles. The molecule has 98 valence electrons. The number of benzene rings is 1. The van der Waals surface area contributed by atoms with Gasteiger partial charge < -0.3 is 15.4 Å². The van der Waals surface area contributed by atoms with E-state index in [9.17, 15) is 9.59 Å². The molecule has 0 unspecified atom stereocenters. The Morgan fingerprint density at radius 2 is 2.11 bits per heavy atom. The first kappa shape index (κ1) is 14.3. The Hall–Kier alpha value is -1.75. The summed E-state index contributed by atoms with van der Waals surface area (Å²) < 4.78 is 4.88. The SMILES string of the molecule is CCN(C)C(=O)COC(=O)c1ccc(Cl)cc1N. The molecule has 0 radical (unpaired) electrons. The number of nitrogen functional groups attached to an aromatic ring is 1. The van der Waals surface area contributed by atoms with Crippen LogP contribution in [0.3, 0.4) is 0 Å². The van der Waals surface area contributed by atoms with Crippen LogP contribution in [0.15, 0.2) is 18.2 Å². The molecule has 0 saturated carbocycles. The van der Waals surface area contributed by atoms with E-state index in [0.29, 0.717) is 11.6 Å². The third-order valence-electron chi connectivity index (χ3n) is 2.46. The summed E-state index contributed by atoms with van der Waals surface area (Å²) in [5.41, 5.74) is 6.06. The lowest BCUT2D eigenvalue weighted by Gasteiger charge is -2.14. The molecule has 2 N–H and O–H groups in total. The lowest BCUT2D eigenvalue weighted by Crippen LogP contribution is -2.31. The Balaban J connectivity index is 2.63. The second-order valence-corrected chi connectivity index (χ2v) is 4.15. The van der Waals surface area contributed by atoms with Crippen LogP contribution in [-0.4, -0.2) is 37.0 Å². The van der Waals surface area contributed by atoms with Crippen LogP contribution in [0.1, 0.15) is 17.3 Å². The molecule has 18 heavy (non-hydrogen) atoms. The Morgan fingerprint density at radius 1 is 1.44 bits per heavy atom. The normalized spacial score (nSPS) is 9.94. The number of ether oxygens (including phenoxy) is 1. The van der Waals surface area contributed by atoms with Crippen LogP contribution in [0.25, 0.3) is 0 Å². The number of likely N-dealkylation sites (N-methyl/N-ethyl adjacent to an activating group) is 1. The molecule has 1 amide bonds. The van der Waals surface area contributed by atoms with Gasteiger partial charge in [0.05, 0.1) is 5.56 Å². The largest absolute Gasteiger partial charge is 0.452 e. The highest BCUT2D eigenvalue weighted by molar-refractivity contribution is 6.31.